The number of rotatable bonds is 5. The highest BCUT2D eigenvalue weighted by molar-refractivity contribution is 6.43. The quantitative estimate of drug-likeness (QED) is 0.787. The Bertz CT molecular complexity index is 827. The van der Waals surface area contributed by atoms with Gasteiger partial charge in [-0.1, -0.05) is 41.4 Å². The average Bonchev–Trinajstić information content (AvgIpc) is 2.66. The summed E-state index contributed by atoms with van der Waals surface area (Å²) in [4.78, 5) is 23.9. The zero-order valence-electron chi connectivity index (χ0n) is 13.5. The van der Waals surface area contributed by atoms with Crippen LogP contribution in [0.3, 0.4) is 0 Å². The van der Waals surface area contributed by atoms with Gasteiger partial charge in [0.15, 0.2) is 18.1 Å². The predicted molar refractivity (Wildman–Crippen MR) is 96.1 cm³/mol. The number of para-hydroxylation sites is 2. The van der Waals surface area contributed by atoms with Crippen molar-refractivity contribution in [2.75, 3.05) is 19.8 Å². The first-order valence-electron chi connectivity index (χ1n) is 7.81. The lowest BCUT2D eigenvalue weighted by molar-refractivity contribution is -0.124. The molecule has 0 fully saturated rings. The Hall–Kier alpha value is -2.44. The Morgan fingerprint density at radius 3 is 2.69 bits per heavy atom. The standard InChI is InChI=1S/C18H15Cl2NO5/c19-13-5-3-4-12(17(13)20)18(23)25-10-16(22)21-8-11-9-24-14-6-1-2-7-15(14)26-11/h1-7,11H,8-10H2,(H,21,22)/t11-/m1/s1. The van der Waals surface area contributed by atoms with Crippen molar-refractivity contribution in [3.05, 3.63) is 58.1 Å². The van der Waals surface area contributed by atoms with Crippen molar-refractivity contribution in [1.29, 1.82) is 0 Å². The van der Waals surface area contributed by atoms with Crippen molar-refractivity contribution in [2.45, 2.75) is 6.10 Å². The number of ether oxygens (including phenoxy) is 3. The number of amides is 1. The number of hydrogen-bond donors (Lipinski definition) is 1. The van der Waals surface area contributed by atoms with Crippen molar-refractivity contribution < 1.29 is 23.8 Å². The monoisotopic (exact) mass is 395 g/mol. The fourth-order valence-electron chi connectivity index (χ4n) is 2.31. The van der Waals surface area contributed by atoms with Gasteiger partial charge in [-0.25, -0.2) is 4.79 Å². The molecule has 26 heavy (non-hydrogen) atoms. The fraction of sp³-hybridized carbons (Fsp3) is 0.222. The van der Waals surface area contributed by atoms with Crippen LogP contribution in [0, 0.1) is 0 Å². The number of hydrogen-bond acceptors (Lipinski definition) is 5. The Morgan fingerprint density at radius 1 is 1.12 bits per heavy atom. The van der Waals surface area contributed by atoms with Crippen molar-refractivity contribution in [2.24, 2.45) is 0 Å². The van der Waals surface area contributed by atoms with Crippen LogP contribution >= 0.6 is 23.2 Å². The van der Waals surface area contributed by atoms with Gasteiger partial charge >= 0.3 is 5.97 Å². The smallest absolute Gasteiger partial charge is 0.340 e. The maximum atomic E-state index is 12.0. The third-order valence-corrected chi connectivity index (χ3v) is 4.42. The summed E-state index contributed by atoms with van der Waals surface area (Å²) in [5.74, 6) is 0.111. The molecule has 0 aliphatic carbocycles. The van der Waals surface area contributed by atoms with Crippen molar-refractivity contribution in [3.63, 3.8) is 0 Å². The van der Waals surface area contributed by atoms with Gasteiger partial charge in [-0.15, -0.1) is 0 Å². The molecule has 0 unspecified atom stereocenters. The van der Waals surface area contributed by atoms with Crippen LogP contribution in [0.5, 0.6) is 11.5 Å². The molecule has 3 rings (SSSR count). The van der Waals surface area contributed by atoms with Gasteiger partial charge in [0, 0.05) is 0 Å². The van der Waals surface area contributed by atoms with Gasteiger partial charge in [0.2, 0.25) is 0 Å². The topological polar surface area (TPSA) is 73.9 Å². The second-order valence-electron chi connectivity index (χ2n) is 5.48. The maximum Gasteiger partial charge on any atom is 0.340 e. The predicted octanol–water partition coefficient (Wildman–Crippen LogP) is 3.11. The fourth-order valence-corrected chi connectivity index (χ4v) is 2.69. The molecular weight excluding hydrogens is 381 g/mol. The molecule has 8 heteroatoms. The van der Waals surface area contributed by atoms with Crippen LogP contribution in [0.4, 0.5) is 0 Å². The summed E-state index contributed by atoms with van der Waals surface area (Å²) in [6.07, 6.45) is -0.327. The van der Waals surface area contributed by atoms with E-state index in [2.05, 4.69) is 5.32 Å². The van der Waals surface area contributed by atoms with Gasteiger partial charge in [0.1, 0.15) is 12.7 Å². The van der Waals surface area contributed by atoms with E-state index in [-0.39, 0.29) is 28.3 Å². The molecule has 1 amide bonds. The minimum absolute atomic E-state index is 0.0889. The summed E-state index contributed by atoms with van der Waals surface area (Å²) in [6.45, 7) is 0.101. The molecule has 1 N–H and O–H groups in total. The number of nitrogens with one attached hydrogen (secondary N) is 1. The Kier molecular flexibility index (Phi) is 5.85. The minimum Gasteiger partial charge on any atom is -0.486 e. The maximum absolute atomic E-state index is 12.0. The van der Waals surface area contributed by atoms with Crippen LogP contribution in [0.15, 0.2) is 42.5 Å². The molecule has 136 valence electrons. The van der Waals surface area contributed by atoms with Gasteiger partial charge in [0.25, 0.3) is 5.91 Å². The lowest BCUT2D eigenvalue weighted by atomic mass is 10.2. The van der Waals surface area contributed by atoms with E-state index >= 15 is 0 Å². The summed E-state index contributed by atoms with van der Waals surface area (Å²) in [5, 5.41) is 2.96. The molecule has 0 aromatic heterocycles. The third kappa shape index (κ3) is 4.39. The average molecular weight is 396 g/mol. The van der Waals surface area contributed by atoms with Crippen LogP contribution in [-0.4, -0.2) is 37.7 Å². The van der Waals surface area contributed by atoms with Gasteiger partial charge in [0.05, 0.1) is 22.2 Å². The van der Waals surface area contributed by atoms with Crippen molar-refractivity contribution >= 4 is 35.1 Å². The van der Waals surface area contributed by atoms with Crippen molar-refractivity contribution in [1.82, 2.24) is 5.32 Å². The molecule has 1 aliphatic rings. The second-order valence-corrected chi connectivity index (χ2v) is 6.26. The summed E-state index contributed by atoms with van der Waals surface area (Å²) in [5.41, 5.74) is 0.104. The summed E-state index contributed by atoms with van der Waals surface area (Å²) < 4.78 is 16.2. The molecule has 6 nitrogen and oxygen atoms in total. The van der Waals surface area contributed by atoms with Gasteiger partial charge in [-0.3, -0.25) is 4.79 Å². The zero-order chi connectivity index (χ0) is 18.5. The highest BCUT2D eigenvalue weighted by Crippen LogP contribution is 2.30. The number of esters is 1. The Balaban J connectivity index is 1.45. The molecule has 0 radical (unpaired) electrons. The number of benzene rings is 2. The van der Waals surface area contributed by atoms with E-state index in [0.29, 0.717) is 18.1 Å². The molecule has 0 saturated heterocycles. The lowest BCUT2D eigenvalue weighted by Crippen LogP contribution is -2.42. The van der Waals surface area contributed by atoms with E-state index in [1.165, 1.54) is 6.07 Å². The minimum atomic E-state index is -0.723. The number of fused-ring (bicyclic) bond motifs is 1. The zero-order valence-corrected chi connectivity index (χ0v) is 15.0. The van der Waals surface area contributed by atoms with E-state index in [0.717, 1.165) is 0 Å². The highest BCUT2D eigenvalue weighted by atomic mass is 35.5. The second kappa shape index (κ2) is 8.29. The van der Waals surface area contributed by atoms with Crippen LogP contribution < -0.4 is 14.8 Å². The van der Waals surface area contributed by atoms with E-state index in [1.807, 2.05) is 18.2 Å². The first-order valence-corrected chi connectivity index (χ1v) is 8.56. The van der Waals surface area contributed by atoms with Gasteiger partial charge in [-0.05, 0) is 24.3 Å². The summed E-state index contributed by atoms with van der Waals surface area (Å²) in [6, 6.07) is 11.9. The van der Waals surface area contributed by atoms with Crippen LogP contribution in [0.1, 0.15) is 10.4 Å². The van der Waals surface area contributed by atoms with Crippen molar-refractivity contribution in [3.8, 4) is 11.5 Å². The molecule has 0 spiro atoms. The molecule has 0 saturated carbocycles. The largest absolute Gasteiger partial charge is 0.486 e. The van der Waals surface area contributed by atoms with Crippen LogP contribution in [0.2, 0.25) is 10.0 Å². The van der Waals surface area contributed by atoms with Crippen LogP contribution in [-0.2, 0) is 9.53 Å². The number of carbonyl (C=O) groups excluding carboxylic acids is 2. The molecular formula is C18H15Cl2NO5. The van der Waals surface area contributed by atoms with Gasteiger partial charge in [-0.2, -0.15) is 0 Å². The van der Waals surface area contributed by atoms with E-state index in [9.17, 15) is 9.59 Å². The molecule has 0 bridgehead atoms. The molecule has 2 aromatic rings. The molecule has 1 heterocycles. The molecule has 2 aromatic carbocycles. The molecule has 1 atom stereocenters. The lowest BCUT2D eigenvalue weighted by Gasteiger charge is -2.26. The number of carbonyl (C=O) groups is 2. The van der Waals surface area contributed by atoms with E-state index in [4.69, 9.17) is 37.4 Å². The van der Waals surface area contributed by atoms with E-state index in [1.54, 1.807) is 18.2 Å². The first kappa shape index (κ1) is 18.4. The SMILES string of the molecule is O=C(COC(=O)c1cccc(Cl)c1Cl)NC[C@@H]1COc2ccccc2O1. The van der Waals surface area contributed by atoms with E-state index < -0.39 is 18.5 Å². The first-order chi connectivity index (χ1) is 12.5. The Morgan fingerprint density at radius 2 is 1.88 bits per heavy atom. The van der Waals surface area contributed by atoms with Gasteiger partial charge < -0.3 is 19.5 Å². The highest BCUT2D eigenvalue weighted by Gasteiger charge is 2.21. The molecule has 1 aliphatic heterocycles. The number of halogens is 2. The van der Waals surface area contributed by atoms with Crippen LogP contribution in [0.25, 0.3) is 0 Å². The summed E-state index contributed by atoms with van der Waals surface area (Å²) >= 11 is 11.8. The third-order valence-electron chi connectivity index (χ3n) is 3.60. The normalized spacial score (nSPS) is 15.2. The summed E-state index contributed by atoms with van der Waals surface area (Å²) in [7, 11) is 0. The Labute approximate surface area is 159 Å².